The van der Waals surface area contributed by atoms with E-state index in [1.54, 1.807) is 12.0 Å². The highest BCUT2D eigenvalue weighted by Gasteiger charge is 2.29. The minimum Gasteiger partial charge on any atom is -0.497 e. The van der Waals surface area contributed by atoms with Crippen molar-refractivity contribution in [2.24, 2.45) is 0 Å². The van der Waals surface area contributed by atoms with E-state index in [2.05, 4.69) is 17.4 Å². The lowest BCUT2D eigenvalue weighted by atomic mass is 9.90. The Morgan fingerprint density at radius 1 is 0.839 bits per heavy atom. The fourth-order valence-electron chi connectivity index (χ4n) is 4.60. The summed E-state index contributed by atoms with van der Waals surface area (Å²) in [5.74, 6) is 0.596. The van der Waals surface area contributed by atoms with Gasteiger partial charge in [0.15, 0.2) is 0 Å². The van der Waals surface area contributed by atoms with Gasteiger partial charge in [-0.15, -0.1) is 0 Å². The Morgan fingerprint density at radius 2 is 1.39 bits per heavy atom. The number of carbonyl (C=O) groups excluding carboxylic acids is 1. The third-order valence-corrected chi connectivity index (χ3v) is 6.27. The van der Waals surface area contributed by atoms with E-state index >= 15 is 0 Å². The first kappa shape index (κ1) is 21.1. The molecule has 0 aromatic heterocycles. The van der Waals surface area contributed by atoms with E-state index in [4.69, 9.17) is 4.74 Å². The summed E-state index contributed by atoms with van der Waals surface area (Å²) < 4.78 is 5.33. The molecular weight excluding hydrogens is 384 g/mol. The zero-order valence-electron chi connectivity index (χ0n) is 18.1. The molecule has 0 unspecified atom stereocenters. The summed E-state index contributed by atoms with van der Waals surface area (Å²) >= 11 is 0. The van der Waals surface area contributed by atoms with E-state index in [1.165, 1.54) is 18.4 Å². The highest BCUT2D eigenvalue weighted by atomic mass is 16.5. The monoisotopic (exact) mass is 415 g/mol. The summed E-state index contributed by atoms with van der Waals surface area (Å²) in [6.45, 7) is 2.91. The molecule has 0 spiro atoms. The minimum absolute atomic E-state index is 0.0505. The summed E-state index contributed by atoms with van der Waals surface area (Å²) in [7, 11) is 1.69. The number of rotatable bonds is 8. The van der Waals surface area contributed by atoms with Crippen LogP contribution in [0.15, 0.2) is 84.9 Å². The van der Waals surface area contributed by atoms with Gasteiger partial charge in [0.2, 0.25) is 5.91 Å². The Kier molecular flexibility index (Phi) is 7.00. The van der Waals surface area contributed by atoms with Crippen LogP contribution in [0.1, 0.15) is 41.5 Å². The molecule has 0 saturated carbocycles. The fourth-order valence-corrected chi connectivity index (χ4v) is 4.60. The highest BCUT2D eigenvalue weighted by molar-refractivity contribution is 5.87. The maximum atomic E-state index is 13.5. The van der Waals surface area contributed by atoms with E-state index < -0.39 is 0 Å². The number of likely N-dealkylation sites (tertiary alicyclic amines) is 1. The number of ether oxygens (including phenoxy) is 1. The van der Waals surface area contributed by atoms with Gasteiger partial charge in [-0.05, 0) is 35.4 Å². The Labute approximate surface area is 184 Å². The van der Waals surface area contributed by atoms with E-state index in [9.17, 15) is 4.79 Å². The van der Waals surface area contributed by atoms with Crippen molar-refractivity contribution < 1.29 is 14.4 Å². The van der Waals surface area contributed by atoms with Gasteiger partial charge in [-0.3, -0.25) is 4.79 Å². The number of hydrogen-bond donors (Lipinski definition) is 2. The molecule has 1 heterocycles. The predicted molar refractivity (Wildman–Crippen MR) is 123 cm³/mol. The molecule has 1 atom stereocenters. The third kappa shape index (κ3) is 5.15. The van der Waals surface area contributed by atoms with Crippen molar-refractivity contribution >= 4 is 5.91 Å². The minimum atomic E-state index is -0.313. The van der Waals surface area contributed by atoms with Crippen molar-refractivity contribution in [2.45, 2.75) is 24.8 Å². The Balaban J connectivity index is 1.55. The molecule has 1 saturated heterocycles. The molecule has 3 aromatic carbocycles. The summed E-state index contributed by atoms with van der Waals surface area (Å²) in [4.78, 5) is 15.0. The van der Waals surface area contributed by atoms with Gasteiger partial charge >= 0.3 is 0 Å². The Morgan fingerprint density at radius 3 is 1.90 bits per heavy atom. The standard InChI is InChI=1S/C27H30N2O2/c1-31-24-16-14-21(15-17-24)25(29-18-8-9-19-29)20-28-27(30)26(22-10-4-2-5-11-22)23-12-6-3-7-13-23/h2-7,10-17,25-26H,8-9,18-20H2,1H3,(H,28,30)/p+1/t25-/m1/s1. The molecule has 4 nitrogen and oxygen atoms in total. The van der Waals surface area contributed by atoms with Crippen LogP contribution in [0, 0.1) is 0 Å². The average Bonchev–Trinajstić information content (AvgIpc) is 3.36. The van der Waals surface area contributed by atoms with Crippen LogP contribution < -0.4 is 15.0 Å². The first-order valence-corrected chi connectivity index (χ1v) is 11.1. The molecule has 4 heteroatoms. The summed E-state index contributed by atoms with van der Waals surface area (Å²) in [5, 5.41) is 3.29. The lowest BCUT2D eigenvalue weighted by molar-refractivity contribution is -0.918. The van der Waals surface area contributed by atoms with Gasteiger partial charge in [-0.25, -0.2) is 0 Å². The van der Waals surface area contributed by atoms with Gasteiger partial charge in [0.05, 0.1) is 32.7 Å². The normalized spacial score (nSPS) is 15.0. The van der Waals surface area contributed by atoms with E-state index in [0.29, 0.717) is 6.54 Å². The molecule has 0 bridgehead atoms. The summed E-state index contributed by atoms with van der Waals surface area (Å²) in [6, 6.07) is 28.6. The second kappa shape index (κ2) is 10.3. The van der Waals surface area contributed by atoms with Gasteiger partial charge in [0.1, 0.15) is 11.8 Å². The molecule has 0 radical (unpaired) electrons. The SMILES string of the molecule is COc1ccc([C@@H](CNC(=O)C(c2ccccc2)c2ccccc2)[NH+]2CCCC2)cc1. The van der Waals surface area contributed by atoms with Gasteiger partial charge in [0.25, 0.3) is 0 Å². The van der Waals surface area contributed by atoms with Gasteiger partial charge in [-0.2, -0.15) is 0 Å². The largest absolute Gasteiger partial charge is 0.497 e. The Bertz CT molecular complexity index is 912. The number of benzene rings is 3. The predicted octanol–water partition coefficient (Wildman–Crippen LogP) is 3.36. The third-order valence-electron chi connectivity index (χ3n) is 6.27. The summed E-state index contributed by atoms with van der Waals surface area (Å²) in [5.41, 5.74) is 3.27. The van der Waals surface area contributed by atoms with Crippen molar-refractivity contribution in [2.75, 3.05) is 26.7 Å². The first-order valence-electron chi connectivity index (χ1n) is 11.1. The molecule has 4 rings (SSSR count). The second-order valence-corrected chi connectivity index (χ2v) is 8.19. The smallest absolute Gasteiger partial charge is 0.232 e. The Hall–Kier alpha value is -3.11. The quantitative estimate of drug-likeness (QED) is 0.592. The summed E-state index contributed by atoms with van der Waals surface area (Å²) in [6.07, 6.45) is 2.49. The molecule has 1 amide bonds. The fraction of sp³-hybridized carbons (Fsp3) is 0.296. The lowest BCUT2D eigenvalue weighted by Crippen LogP contribution is -3.11. The topological polar surface area (TPSA) is 42.8 Å². The molecule has 31 heavy (non-hydrogen) atoms. The average molecular weight is 416 g/mol. The van der Waals surface area contributed by atoms with Crippen LogP contribution in [0.3, 0.4) is 0 Å². The van der Waals surface area contributed by atoms with Gasteiger partial charge in [0, 0.05) is 18.4 Å². The number of hydrogen-bond acceptors (Lipinski definition) is 2. The van der Waals surface area contributed by atoms with Crippen LogP contribution >= 0.6 is 0 Å². The van der Waals surface area contributed by atoms with E-state index in [0.717, 1.165) is 30.0 Å². The van der Waals surface area contributed by atoms with Crippen molar-refractivity contribution in [3.63, 3.8) is 0 Å². The first-order chi connectivity index (χ1) is 15.3. The van der Waals surface area contributed by atoms with Crippen molar-refractivity contribution in [1.29, 1.82) is 0 Å². The number of nitrogens with one attached hydrogen (secondary N) is 2. The van der Waals surface area contributed by atoms with Crippen molar-refractivity contribution in [3.05, 3.63) is 102 Å². The molecule has 0 aliphatic carbocycles. The van der Waals surface area contributed by atoms with Crippen LogP contribution in [0.25, 0.3) is 0 Å². The van der Waals surface area contributed by atoms with E-state index in [-0.39, 0.29) is 17.9 Å². The van der Waals surface area contributed by atoms with Crippen LogP contribution in [-0.2, 0) is 4.79 Å². The molecule has 1 aliphatic heterocycles. The van der Waals surface area contributed by atoms with Crippen LogP contribution in [0.2, 0.25) is 0 Å². The number of amides is 1. The molecule has 3 aromatic rings. The molecule has 160 valence electrons. The maximum absolute atomic E-state index is 13.5. The number of carbonyl (C=O) groups is 1. The van der Waals surface area contributed by atoms with Gasteiger partial charge < -0.3 is 15.0 Å². The maximum Gasteiger partial charge on any atom is 0.232 e. The number of methoxy groups -OCH3 is 1. The van der Waals surface area contributed by atoms with E-state index in [1.807, 2.05) is 72.8 Å². The lowest BCUT2D eigenvalue weighted by Gasteiger charge is -2.26. The van der Waals surface area contributed by atoms with Crippen LogP contribution in [-0.4, -0.2) is 32.7 Å². The van der Waals surface area contributed by atoms with Crippen LogP contribution in [0.4, 0.5) is 0 Å². The van der Waals surface area contributed by atoms with Gasteiger partial charge in [-0.1, -0.05) is 60.7 Å². The van der Waals surface area contributed by atoms with Crippen molar-refractivity contribution in [1.82, 2.24) is 5.32 Å². The molecule has 1 fully saturated rings. The molecule has 2 N–H and O–H groups in total. The highest BCUT2D eigenvalue weighted by Crippen LogP contribution is 2.25. The number of quaternary nitrogens is 1. The van der Waals surface area contributed by atoms with Crippen molar-refractivity contribution in [3.8, 4) is 5.75 Å². The zero-order chi connectivity index (χ0) is 21.5. The second-order valence-electron chi connectivity index (χ2n) is 8.19. The zero-order valence-corrected chi connectivity index (χ0v) is 18.1. The molecular formula is C27H31N2O2+. The van der Waals surface area contributed by atoms with Crippen LogP contribution in [0.5, 0.6) is 5.75 Å². The molecule has 1 aliphatic rings.